The van der Waals surface area contributed by atoms with Gasteiger partial charge in [0, 0.05) is 29.1 Å². The van der Waals surface area contributed by atoms with Crippen LogP contribution in [-0.4, -0.2) is 39.3 Å². The van der Waals surface area contributed by atoms with Crippen LogP contribution in [0.3, 0.4) is 0 Å². The van der Waals surface area contributed by atoms with Crippen molar-refractivity contribution in [2.45, 2.75) is 82.8 Å². The van der Waals surface area contributed by atoms with Crippen molar-refractivity contribution in [2.75, 3.05) is 24.6 Å². The van der Waals surface area contributed by atoms with Gasteiger partial charge in [-0.05, 0) is 111 Å². The van der Waals surface area contributed by atoms with E-state index in [1.165, 1.54) is 24.0 Å². The van der Waals surface area contributed by atoms with E-state index in [0.717, 1.165) is 68.1 Å². The van der Waals surface area contributed by atoms with Gasteiger partial charge < -0.3 is 9.64 Å². The number of amides is 1. The summed E-state index contributed by atoms with van der Waals surface area (Å²) in [7, 11) is -3.81. The van der Waals surface area contributed by atoms with Gasteiger partial charge in [0.2, 0.25) is 10.0 Å². The molecule has 1 spiro atoms. The van der Waals surface area contributed by atoms with Gasteiger partial charge in [0.25, 0.3) is 5.91 Å². The van der Waals surface area contributed by atoms with E-state index in [1.807, 2.05) is 25.1 Å². The maximum atomic E-state index is 13.3. The summed E-state index contributed by atoms with van der Waals surface area (Å²) in [5.74, 6) is 1.99. The van der Waals surface area contributed by atoms with E-state index < -0.39 is 21.2 Å². The van der Waals surface area contributed by atoms with Crippen LogP contribution in [0.1, 0.15) is 87.2 Å². The summed E-state index contributed by atoms with van der Waals surface area (Å²) in [5, 5.41) is 0.121. The first-order chi connectivity index (χ1) is 19.6. The molecule has 6 atom stereocenters. The van der Waals surface area contributed by atoms with Gasteiger partial charge in [-0.25, -0.2) is 13.1 Å². The third kappa shape index (κ3) is 5.49. The zero-order valence-corrected chi connectivity index (χ0v) is 26.1. The number of halogens is 1. The summed E-state index contributed by atoms with van der Waals surface area (Å²) in [6.07, 6.45) is 8.53. The van der Waals surface area contributed by atoms with Gasteiger partial charge in [0.15, 0.2) is 0 Å². The number of anilines is 1. The SMILES string of the molecule is CC1CCC[C@H](C)[C@@H](C)S(=O)(=O)NC(=O)c2ccc3c(c2)N(C[C@@H]2CC[C@@H]12)C[C@@]1(CCCc2cc(Cl)ccc21)CO3. The van der Waals surface area contributed by atoms with Crippen molar-refractivity contribution >= 4 is 33.2 Å². The van der Waals surface area contributed by atoms with Crippen molar-refractivity contribution in [3.63, 3.8) is 0 Å². The predicted molar refractivity (Wildman–Crippen MR) is 164 cm³/mol. The van der Waals surface area contributed by atoms with Crippen LogP contribution in [0.15, 0.2) is 36.4 Å². The van der Waals surface area contributed by atoms with Gasteiger partial charge in [0.05, 0.1) is 17.5 Å². The smallest absolute Gasteiger partial charge is 0.264 e. The molecule has 8 heteroatoms. The van der Waals surface area contributed by atoms with Crippen LogP contribution < -0.4 is 14.4 Å². The van der Waals surface area contributed by atoms with Crippen molar-refractivity contribution < 1.29 is 17.9 Å². The Kier molecular flexibility index (Phi) is 7.82. The van der Waals surface area contributed by atoms with Crippen LogP contribution in [0.4, 0.5) is 5.69 Å². The topological polar surface area (TPSA) is 75.7 Å². The number of rotatable bonds is 0. The Morgan fingerprint density at radius 3 is 2.59 bits per heavy atom. The zero-order valence-electron chi connectivity index (χ0n) is 24.5. The number of aryl methyl sites for hydroxylation is 1. The van der Waals surface area contributed by atoms with Gasteiger partial charge >= 0.3 is 0 Å². The Bertz CT molecular complexity index is 1430. The molecule has 2 aromatic carbocycles. The van der Waals surface area contributed by atoms with E-state index in [0.29, 0.717) is 29.9 Å². The molecule has 41 heavy (non-hydrogen) atoms. The summed E-state index contributed by atoms with van der Waals surface area (Å²) >= 11 is 6.41. The Hall–Kier alpha value is -2.25. The molecule has 1 saturated carbocycles. The third-order valence-electron chi connectivity index (χ3n) is 10.8. The van der Waals surface area contributed by atoms with Crippen LogP contribution in [-0.2, 0) is 21.9 Å². The first-order valence-electron chi connectivity index (χ1n) is 15.4. The summed E-state index contributed by atoms with van der Waals surface area (Å²) in [6, 6.07) is 11.7. The van der Waals surface area contributed by atoms with E-state index in [9.17, 15) is 13.2 Å². The average Bonchev–Trinajstić information content (AvgIpc) is 3.06. The highest BCUT2D eigenvalue weighted by Gasteiger charge is 2.44. The second-order valence-corrected chi connectivity index (χ2v) is 15.8. The minimum atomic E-state index is -3.81. The minimum Gasteiger partial charge on any atom is -0.490 e. The van der Waals surface area contributed by atoms with E-state index in [-0.39, 0.29) is 11.3 Å². The molecule has 2 aliphatic carbocycles. The van der Waals surface area contributed by atoms with Crippen LogP contribution in [0.25, 0.3) is 0 Å². The minimum absolute atomic E-state index is 0.0297. The highest BCUT2D eigenvalue weighted by molar-refractivity contribution is 7.90. The van der Waals surface area contributed by atoms with Gasteiger partial charge in [-0.15, -0.1) is 0 Å². The number of benzene rings is 2. The quantitative estimate of drug-likeness (QED) is 0.363. The van der Waals surface area contributed by atoms with Crippen LogP contribution in [0.5, 0.6) is 5.75 Å². The molecule has 0 aromatic heterocycles. The Balaban J connectivity index is 1.41. The number of carbonyl (C=O) groups excluding carboxylic acids is 1. The molecule has 6 nitrogen and oxygen atoms in total. The lowest BCUT2D eigenvalue weighted by atomic mass is 9.65. The van der Waals surface area contributed by atoms with Gasteiger partial charge in [0.1, 0.15) is 5.75 Å². The van der Waals surface area contributed by atoms with Crippen molar-refractivity contribution in [2.24, 2.45) is 23.7 Å². The molecule has 1 unspecified atom stereocenters. The summed E-state index contributed by atoms with van der Waals surface area (Å²) in [6.45, 7) is 8.35. The number of sulfonamides is 1. The Morgan fingerprint density at radius 2 is 1.80 bits per heavy atom. The number of ether oxygens (including phenoxy) is 1. The molecule has 6 rings (SSSR count). The highest BCUT2D eigenvalue weighted by Crippen LogP contribution is 2.47. The van der Waals surface area contributed by atoms with Crippen molar-refractivity contribution in [1.82, 2.24) is 4.72 Å². The fourth-order valence-electron chi connectivity index (χ4n) is 7.91. The highest BCUT2D eigenvalue weighted by atomic mass is 35.5. The lowest BCUT2D eigenvalue weighted by Gasteiger charge is -2.46. The van der Waals surface area contributed by atoms with E-state index in [1.54, 1.807) is 13.0 Å². The Labute approximate surface area is 250 Å². The normalized spacial score (nSPS) is 33.4. The molecule has 1 N–H and O–H groups in total. The molecular formula is C33H43ClN2O4S. The van der Waals surface area contributed by atoms with Crippen LogP contribution in [0, 0.1) is 23.7 Å². The second-order valence-electron chi connectivity index (χ2n) is 13.4. The average molecular weight is 599 g/mol. The lowest BCUT2D eigenvalue weighted by molar-refractivity contribution is 0.0980. The summed E-state index contributed by atoms with van der Waals surface area (Å²) in [4.78, 5) is 15.8. The predicted octanol–water partition coefficient (Wildman–Crippen LogP) is 6.74. The largest absolute Gasteiger partial charge is 0.490 e. The number of hydrogen-bond acceptors (Lipinski definition) is 5. The maximum Gasteiger partial charge on any atom is 0.264 e. The molecule has 0 radical (unpaired) electrons. The molecule has 222 valence electrons. The number of hydrogen-bond donors (Lipinski definition) is 1. The molecule has 1 fully saturated rings. The maximum absolute atomic E-state index is 13.3. The lowest BCUT2D eigenvalue weighted by Crippen LogP contribution is -2.49. The first kappa shape index (κ1) is 28.9. The molecular weight excluding hydrogens is 556 g/mol. The monoisotopic (exact) mass is 598 g/mol. The number of fused-ring (bicyclic) bond motifs is 4. The Morgan fingerprint density at radius 1 is 1.00 bits per heavy atom. The van der Waals surface area contributed by atoms with Gasteiger partial charge in [-0.1, -0.05) is 44.4 Å². The summed E-state index contributed by atoms with van der Waals surface area (Å²) in [5.41, 5.74) is 3.67. The number of nitrogens with one attached hydrogen (secondary N) is 1. The van der Waals surface area contributed by atoms with Gasteiger partial charge in [-0.2, -0.15) is 0 Å². The zero-order chi connectivity index (χ0) is 28.9. The van der Waals surface area contributed by atoms with Crippen molar-refractivity contribution in [3.8, 4) is 5.75 Å². The molecule has 0 saturated heterocycles. The molecule has 1 amide bonds. The third-order valence-corrected chi connectivity index (χ3v) is 13.0. The summed E-state index contributed by atoms with van der Waals surface area (Å²) < 4.78 is 35.4. The van der Waals surface area contributed by atoms with Crippen LogP contribution in [0.2, 0.25) is 5.02 Å². The standard InChI is InChI=1S/C33H43ClN2O4S/c1-21-6-4-7-22(2)28-12-9-26(28)18-36-19-33(15-5-8-24-16-27(34)11-13-29(24)33)20-40-31-14-10-25(17-30(31)36)32(37)35-41(38,39)23(21)3/h10-11,13-14,16-17,21-23,26,28H,4-9,12,15,18-20H2,1-3H3,(H,35,37)/t21-,22?,23+,26-,28-,33-/m0/s1. The fraction of sp³-hybridized carbons (Fsp3) is 0.606. The first-order valence-corrected chi connectivity index (χ1v) is 17.4. The van der Waals surface area contributed by atoms with Crippen molar-refractivity contribution in [3.05, 3.63) is 58.1 Å². The molecule has 2 heterocycles. The molecule has 2 bridgehead atoms. The van der Waals surface area contributed by atoms with Crippen LogP contribution >= 0.6 is 11.6 Å². The van der Waals surface area contributed by atoms with Crippen molar-refractivity contribution in [1.29, 1.82) is 0 Å². The number of carbonyl (C=O) groups is 1. The molecule has 2 aliphatic heterocycles. The molecule has 2 aromatic rings. The second kappa shape index (κ2) is 11.1. The van der Waals surface area contributed by atoms with E-state index in [4.69, 9.17) is 16.3 Å². The van der Waals surface area contributed by atoms with E-state index in [2.05, 4.69) is 28.7 Å². The number of nitrogens with zero attached hydrogens (tertiary/aromatic N) is 1. The van der Waals surface area contributed by atoms with E-state index >= 15 is 0 Å². The fourth-order valence-corrected chi connectivity index (χ4v) is 9.41. The molecule has 4 aliphatic rings. The van der Waals surface area contributed by atoms with Gasteiger partial charge in [-0.3, -0.25) is 4.79 Å².